The summed E-state index contributed by atoms with van der Waals surface area (Å²) in [7, 11) is 1.52. The lowest BCUT2D eigenvalue weighted by molar-refractivity contribution is -0.147. The van der Waals surface area contributed by atoms with Gasteiger partial charge in [0.2, 0.25) is 5.91 Å². The number of methoxy groups -OCH3 is 1. The van der Waals surface area contributed by atoms with Gasteiger partial charge in [-0.1, -0.05) is 6.07 Å². The molecule has 1 aromatic carbocycles. The van der Waals surface area contributed by atoms with Crippen LogP contribution in [0.15, 0.2) is 24.3 Å². The van der Waals surface area contributed by atoms with Gasteiger partial charge in [0, 0.05) is 18.7 Å². The van der Waals surface area contributed by atoms with Crippen molar-refractivity contribution in [2.75, 3.05) is 26.8 Å². The van der Waals surface area contributed by atoms with Gasteiger partial charge in [-0.25, -0.2) is 0 Å². The fourth-order valence-corrected chi connectivity index (χ4v) is 2.46. The number of piperazine rings is 1. The van der Waals surface area contributed by atoms with Gasteiger partial charge in [-0.3, -0.25) is 14.4 Å². The Morgan fingerprint density at radius 1 is 1.39 bits per heavy atom. The molecule has 1 saturated heterocycles. The number of carbonyl (C=O) groups is 3. The van der Waals surface area contributed by atoms with Crippen LogP contribution >= 0.6 is 0 Å². The van der Waals surface area contributed by atoms with Crippen molar-refractivity contribution in [1.29, 1.82) is 0 Å². The van der Waals surface area contributed by atoms with E-state index in [1.165, 1.54) is 12.0 Å². The van der Waals surface area contributed by atoms with Gasteiger partial charge in [0.05, 0.1) is 20.1 Å². The van der Waals surface area contributed by atoms with Crippen molar-refractivity contribution in [3.05, 3.63) is 29.8 Å². The molecule has 1 aromatic rings. The van der Waals surface area contributed by atoms with Gasteiger partial charge >= 0.3 is 5.97 Å². The highest BCUT2D eigenvalue weighted by atomic mass is 16.5. The molecule has 0 spiro atoms. The summed E-state index contributed by atoms with van der Waals surface area (Å²) in [4.78, 5) is 37.9. The molecule has 2 amide bonds. The van der Waals surface area contributed by atoms with Crippen molar-refractivity contribution in [1.82, 2.24) is 10.2 Å². The highest BCUT2D eigenvalue weighted by Crippen LogP contribution is 2.18. The predicted octanol–water partition coefficient (Wildman–Crippen LogP) is 0.589. The van der Waals surface area contributed by atoms with Crippen LogP contribution in [0.3, 0.4) is 0 Å². The monoisotopic (exact) mass is 320 g/mol. The number of carbonyl (C=O) groups excluding carboxylic acids is 3. The molecule has 1 aliphatic rings. The molecule has 0 aliphatic carbocycles. The Morgan fingerprint density at radius 2 is 2.17 bits per heavy atom. The molecule has 0 saturated carbocycles. The summed E-state index contributed by atoms with van der Waals surface area (Å²) in [5, 5.41) is 2.67. The predicted molar refractivity (Wildman–Crippen MR) is 82.1 cm³/mol. The second kappa shape index (κ2) is 7.62. The fraction of sp³-hybridized carbons (Fsp3) is 0.438. The average Bonchev–Trinajstić information content (AvgIpc) is 2.56. The van der Waals surface area contributed by atoms with Crippen LogP contribution in [0.4, 0.5) is 0 Å². The van der Waals surface area contributed by atoms with Crippen molar-refractivity contribution in [3.8, 4) is 5.75 Å². The number of rotatable bonds is 5. The maximum absolute atomic E-state index is 12.7. The third kappa shape index (κ3) is 4.00. The van der Waals surface area contributed by atoms with E-state index >= 15 is 0 Å². The quantitative estimate of drug-likeness (QED) is 0.803. The van der Waals surface area contributed by atoms with Gasteiger partial charge in [0.15, 0.2) is 0 Å². The smallest absolute Gasteiger partial charge is 0.308 e. The third-order valence-electron chi connectivity index (χ3n) is 3.57. The number of ether oxygens (including phenoxy) is 2. The van der Waals surface area contributed by atoms with E-state index in [9.17, 15) is 14.4 Å². The molecule has 23 heavy (non-hydrogen) atoms. The minimum Gasteiger partial charge on any atom is -0.497 e. The Bertz CT molecular complexity index is 602. The zero-order valence-electron chi connectivity index (χ0n) is 13.2. The van der Waals surface area contributed by atoms with Crippen molar-refractivity contribution in [2.24, 2.45) is 0 Å². The average molecular weight is 320 g/mol. The molecule has 124 valence electrons. The standard InChI is InChI=1S/C16H20N2O5/c1-3-23-14(19)10-13-15(20)17-7-8-18(13)16(21)11-5-4-6-12(9-11)22-2/h4-6,9,13H,3,7-8,10H2,1-2H3,(H,17,20)/t13-/m0/s1. The summed E-state index contributed by atoms with van der Waals surface area (Å²) in [5.41, 5.74) is 0.410. The molecule has 2 rings (SSSR count). The summed E-state index contributed by atoms with van der Waals surface area (Å²) in [6, 6.07) is 5.84. The van der Waals surface area contributed by atoms with Gasteiger partial charge in [-0.05, 0) is 25.1 Å². The van der Waals surface area contributed by atoms with E-state index in [4.69, 9.17) is 9.47 Å². The van der Waals surface area contributed by atoms with E-state index in [2.05, 4.69) is 5.32 Å². The van der Waals surface area contributed by atoms with Crippen LogP contribution in [0, 0.1) is 0 Å². The number of esters is 1. The Labute approximate surface area is 134 Å². The second-order valence-electron chi connectivity index (χ2n) is 5.05. The highest BCUT2D eigenvalue weighted by Gasteiger charge is 2.35. The molecule has 0 aromatic heterocycles. The molecular weight excluding hydrogens is 300 g/mol. The molecule has 0 unspecified atom stereocenters. The Kier molecular flexibility index (Phi) is 5.56. The maximum atomic E-state index is 12.7. The zero-order chi connectivity index (χ0) is 16.8. The molecular formula is C16H20N2O5. The van der Waals surface area contributed by atoms with E-state index in [-0.39, 0.29) is 24.8 Å². The van der Waals surface area contributed by atoms with Crippen molar-refractivity contribution < 1.29 is 23.9 Å². The van der Waals surface area contributed by atoms with Gasteiger partial charge in [0.1, 0.15) is 11.8 Å². The van der Waals surface area contributed by atoms with Crippen LogP contribution in [0.1, 0.15) is 23.7 Å². The topological polar surface area (TPSA) is 84.9 Å². The summed E-state index contributed by atoms with van der Waals surface area (Å²) < 4.78 is 10.00. The third-order valence-corrected chi connectivity index (χ3v) is 3.57. The maximum Gasteiger partial charge on any atom is 0.308 e. The Morgan fingerprint density at radius 3 is 2.87 bits per heavy atom. The lowest BCUT2D eigenvalue weighted by Crippen LogP contribution is -2.57. The first kappa shape index (κ1) is 16.8. The molecule has 7 heteroatoms. The summed E-state index contributed by atoms with van der Waals surface area (Å²) in [6.07, 6.45) is -0.157. The van der Waals surface area contributed by atoms with E-state index in [1.807, 2.05) is 0 Å². The molecule has 1 heterocycles. The number of hydrogen-bond acceptors (Lipinski definition) is 5. The number of benzene rings is 1. The number of amides is 2. The van der Waals surface area contributed by atoms with E-state index in [1.54, 1.807) is 31.2 Å². The molecule has 1 aliphatic heterocycles. The fourth-order valence-electron chi connectivity index (χ4n) is 2.46. The van der Waals surface area contributed by atoms with Crippen molar-refractivity contribution in [3.63, 3.8) is 0 Å². The van der Waals surface area contributed by atoms with Crippen molar-refractivity contribution >= 4 is 17.8 Å². The summed E-state index contributed by atoms with van der Waals surface area (Å²) >= 11 is 0. The number of nitrogens with zero attached hydrogens (tertiary/aromatic N) is 1. The first-order chi connectivity index (χ1) is 11.1. The van der Waals surface area contributed by atoms with E-state index < -0.39 is 12.0 Å². The van der Waals surface area contributed by atoms with Crippen LogP contribution in [0.2, 0.25) is 0 Å². The minimum atomic E-state index is -0.860. The lowest BCUT2D eigenvalue weighted by atomic mass is 10.1. The van der Waals surface area contributed by atoms with Crippen LogP contribution < -0.4 is 10.1 Å². The molecule has 1 N–H and O–H groups in total. The van der Waals surface area contributed by atoms with Crippen LogP contribution in [0.25, 0.3) is 0 Å². The Hall–Kier alpha value is -2.57. The van der Waals surface area contributed by atoms with Crippen LogP contribution in [0.5, 0.6) is 5.75 Å². The van der Waals surface area contributed by atoms with Gasteiger partial charge in [0.25, 0.3) is 5.91 Å². The van der Waals surface area contributed by atoms with Gasteiger partial charge < -0.3 is 19.7 Å². The SMILES string of the molecule is CCOC(=O)C[C@H]1C(=O)NCCN1C(=O)c1cccc(OC)c1. The van der Waals surface area contributed by atoms with Gasteiger partial charge in [-0.2, -0.15) is 0 Å². The molecule has 1 fully saturated rings. The zero-order valence-corrected chi connectivity index (χ0v) is 13.2. The highest BCUT2D eigenvalue weighted by molar-refractivity contribution is 5.99. The molecule has 0 bridgehead atoms. The normalized spacial score (nSPS) is 17.4. The minimum absolute atomic E-state index is 0.157. The second-order valence-corrected chi connectivity index (χ2v) is 5.05. The first-order valence-corrected chi connectivity index (χ1v) is 7.45. The summed E-state index contributed by atoms with van der Waals surface area (Å²) in [5.74, 6) is -0.606. The van der Waals surface area contributed by atoms with E-state index in [0.717, 1.165) is 0 Å². The largest absolute Gasteiger partial charge is 0.497 e. The van der Waals surface area contributed by atoms with Crippen molar-refractivity contribution in [2.45, 2.75) is 19.4 Å². The molecule has 7 nitrogen and oxygen atoms in total. The molecule has 0 radical (unpaired) electrons. The molecule has 1 atom stereocenters. The van der Waals surface area contributed by atoms with Crippen LogP contribution in [-0.4, -0.2) is 55.5 Å². The Balaban J connectivity index is 2.20. The van der Waals surface area contributed by atoms with E-state index in [0.29, 0.717) is 24.4 Å². The number of hydrogen-bond donors (Lipinski definition) is 1. The summed E-state index contributed by atoms with van der Waals surface area (Å²) in [6.45, 7) is 2.62. The first-order valence-electron chi connectivity index (χ1n) is 7.45. The van der Waals surface area contributed by atoms with Crippen LogP contribution in [-0.2, 0) is 14.3 Å². The number of nitrogens with one attached hydrogen (secondary N) is 1. The van der Waals surface area contributed by atoms with Gasteiger partial charge in [-0.15, -0.1) is 0 Å². The lowest BCUT2D eigenvalue weighted by Gasteiger charge is -2.34.